The average Bonchev–Trinajstić information content (AvgIpc) is 3.00. The summed E-state index contributed by atoms with van der Waals surface area (Å²) < 4.78 is 13.4. The van der Waals surface area contributed by atoms with E-state index in [2.05, 4.69) is 5.32 Å². The van der Waals surface area contributed by atoms with Gasteiger partial charge in [-0.15, -0.1) is 0 Å². The summed E-state index contributed by atoms with van der Waals surface area (Å²) in [6.45, 7) is 4.09. The number of carbonyl (C=O) groups is 2. The number of hydrogen-bond donors (Lipinski definition) is 1. The minimum Gasteiger partial charge on any atom is -0.326 e. The molecule has 1 saturated heterocycles. The van der Waals surface area contributed by atoms with Gasteiger partial charge in [0.25, 0.3) is 0 Å². The van der Waals surface area contributed by atoms with E-state index in [1.807, 2.05) is 32.0 Å². The highest BCUT2D eigenvalue weighted by Crippen LogP contribution is 2.30. The van der Waals surface area contributed by atoms with Crippen LogP contribution in [0.5, 0.6) is 0 Å². The number of nitrogens with zero attached hydrogens (tertiary/aromatic N) is 2. The fraction of sp³-hybridized carbons (Fsp3) is 0.263. The molecule has 27 heavy (non-hydrogen) atoms. The minimum atomic E-state index is -0.977. The first-order valence-corrected chi connectivity index (χ1v) is 8.39. The number of nitrogens with one attached hydrogen (secondary N) is 1. The molecule has 8 heteroatoms. The minimum absolute atomic E-state index is 0.0441. The van der Waals surface area contributed by atoms with E-state index in [1.165, 1.54) is 6.07 Å². The summed E-state index contributed by atoms with van der Waals surface area (Å²) in [4.78, 5) is 36.5. The molecule has 3 rings (SSSR count). The fourth-order valence-corrected chi connectivity index (χ4v) is 3.12. The van der Waals surface area contributed by atoms with E-state index in [1.54, 1.807) is 4.90 Å². The van der Waals surface area contributed by atoms with Crippen LogP contribution in [0.25, 0.3) is 0 Å². The van der Waals surface area contributed by atoms with Crippen molar-refractivity contribution in [3.8, 4) is 0 Å². The number of rotatable bonds is 4. The highest BCUT2D eigenvalue weighted by molar-refractivity contribution is 6.04. The molecule has 0 saturated carbocycles. The topological polar surface area (TPSA) is 92.6 Å². The van der Waals surface area contributed by atoms with Crippen LogP contribution in [0.2, 0.25) is 0 Å². The van der Waals surface area contributed by atoms with Crippen molar-refractivity contribution < 1.29 is 18.9 Å². The van der Waals surface area contributed by atoms with Crippen molar-refractivity contribution in [3.63, 3.8) is 0 Å². The van der Waals surface area contributed by atoms with Crippen LogP contribution in [0.15, 0.2) is 36.4 Å². The van der Waals surface area contributed by atoms with Gasteiger partial charge < -0.3 is 10.2 Å². The third-order valence-corrected chi connectivity index (χ3v) is 4.77. The van der Waals surface area contributed by atoms with Gasteiger partial charge in [0.2, 0.25) is 17.6 Å². The maximum Gasteiger partial charge on any atom is 0.306 e. The van der Waals surface area contributed by atoms with E-state index < -0.39 is 28.3 Å². The van der Waals surface area contributed by atoms with Crippen molar-refractivity contribution >= 4 is 28.9 Å². The van der Waals surface area contributed by atoms with Crippen molar-refractivity contribution in [3.05, 3.63) is 63.5 Å². The van der Waals surface area contributed by atoms with Crippen LogP contribution >= 0.6 is 0 Å². The van der Waals surface area contributed by atoms with Crippen LogP contribution in [0.1, 0.15) is 17.5 Å². The standard InChI is InChI=1S/C19H18FN3O4/c1-11-4-3-5-16(12(11)2)22-10-13(8-18(22)24)19(25)21-14-6-7-15(20)17(9-14)23(26)27/h3-7,9,13H,8,10H2,1-2H3,(H,21,25)/t13-/m1/s1. The SMILES string of the molecule is Cc1cccc(N2C[C@H](C(=O)Nc3ccc(F)c([N+](=O)[O-])c3)CC2=O)c1C. The molecule has 1 aliphatic rings. The van der Waals surface area contributed by atoms with E-state index in [9.17, 15) is 24.1 Å². The Morgan fingerprint density at radius 1 is 1.30 bits per heavy atom. The monoisotopic (exact) mass is 371 g/mol. The molecular weight excluding hydrogens is 353 g/mol. The quantitative estimate of drug-likeness (QED) is 0.659. The second-order valence-electron chi connectivity index (χ2n) is 6.54. The molecule has 2 aromatic carbocycles. The number of nitro benzene ring substituents is 1. The number of aryl methyl sites for hydroxylation is 1. The van der Waals surface area contributed by atoms with Crippen LogP contribution in [0, 0.1) is 35.7 Å². The molecule has 140 valence electrons. The Morgan fingerprint density at radius 3 is 2.74 bits per heavy atom. The summed E-state index contributed by atoms with van der Waals surface area (Å²) >= 11 is 0. The van der Waals surface area contributed by atoms with Crippen molar-refractivity contribution in [2.75, 3.05) is 16.8 Å². The predicted molar refractivity (Wildman–Crippen MR) is 98.1 cm³/mol. The highest BCUT2D eigenvalue weighted by Gasteiger charge is 2.36. The first-order chi connectivity index (χ1) is 12.8. The Balaban J connectivity index is 1.76. The number of halogens is 1. The molecule has 0 unspecified atom stereocenters. The van der Waals surface area contributed by atoms with E-state index in [-0.39, 0.29) is 24.6 Å². The van der Waals surface area contributed by atoms with Gasteiger partial charge in [0.15, 0.2) is 0 Å². The van der Waals surface area contributed by atoms with Gasteiger partial charge in [-0.25, -0.2) is 0 Å². The van der Waals surface area contributed by atoms with Crippen molar-refractivity contribution in [1.82, 2.24) is 0 Å². The first-order valence-electron chi connectivity index (χ1n) is 8.39. The average molecular weight is 371 g/mol. The third-order valence-electron chi connectivity index (χ3n) is 4.77. The van der Waals surface area contributed by atoms with Gasteiger partial charge in [-0.1, -0.05) is 12.1 Å². The molecule has 0 spiro atoms. The van der Waals surface area contributed by atoms with Gasteiger partial charge in [0.05, 0.1) is 10.8 Å². The molecule has 7 nitrogen and oxygen atoms in total. The van der Waals surface area contributed by atoms with Crippen LogP contribution in [0.4, 0.5) is 21.5 Å². The van der Waals surface area contributed by atoms with Gasteiger partial charge in [0.1, 0.15) is 0 Å². The molecule has 1 fully saturated rings. The number of carbonyl (C=O) groups excluding carboxylic acids is 2. The normalized spacial score (nSPS) is 16.5. The predicted octanol–water partition coefficient (Wildman–Crippen LogP) is 3.34. The number of nitro groups is 1. The number of anilines is 2. The summed E-state index contributed by atoms with van der Waals surface area (Å²) in [5, 5.41) is 13.4. The van der Waals surface area contributed by atoms with Crippen LogP contribution in [-0.2, 0) is 9.59 Å². The molecule has 1 aliphatic heterocycles. The van der Waals surface area contributed by atoms with E-state index in [0.29, 0.717) is 0 Å². The maximum absolute atomic E-state index is 13.4. The summed E-state index contributed by atoms with van der Waals surface area (Å²) in [5.41, 5.74) is 2.19. The lowest BCUT2D eigenvalue weighted by Gasteiger charge is -2.20. The molecular formula is C19H18FN3O4. The zero-order valence-electron chi connectivity index (χ0n) is 14.9. The summed E-state index contributed by atoms with van der Waals surface area (Å²) in [6.07, 6.45) is 0.0441. The van der Waals surface area contributed by atoms with E-state index in [4.69, 9.17) is 0 Å². The first kappa shape index (κ1) is 18.5. The van der Waals surface area contributed by atoms with Crippen LogP contribution in [0.3, 0.4) is 0 Å². The van der Waals surface area contributed by atoms with Gasteiger partial charge in [-0.3, -0.25) is 19.7 Å². The zero-order valence-corrected chi connectivity index (χ0v) is 14.9. The lowest BCUT2D eigenvalue weighted by Crippen LogP contribution is -2.28. The van der Waals surface area contributed by atoms with Gasteiger partial charge in [-0.05, 0) is 43.2 Å². The number of hydrogen-bond acceptors (Lipinski definition) is 4. The summed E-state index contributed by atoms with van der Waals surface area (Å²) in [5.74, 6) is -2.16. The Hall–Kier alpha value is -3.29. The van der Waals surface area contributed by atoms with Crippen LogP contribution < -0.4 is 10.2 Å². The van der Waals surface area contributed by atoms with E-state index >= 15 is 0 Å². The molecule has 1 N–H and O–H groups in total. The Morgan fingerprint density at radius 2 is 2.04 bits per heavy atom. The summed E-state index contributed by atoms with van der Waals surface area (Å²) in [7, 11) is 0. The highest BCUT2D eigenvalue weighted by atomic mass is 19.1. The number of amides is 2. The van der Waals surface area contributed by atoms with Crippen molar-refractivity contribution in [2.24, 2.45) is 5.92 Å². The molecule has 0 aliphatic carbocycles. The molecule has 1 heterocycles. The van der Waals surface area contributed by atoms with Crippen LogP contribution in [-0.4, -0.2) is 23.3 Å². The second-order valence-corrected chi connectivity index (χ2v) is 6.54. The maximum atomic E-state index is 13.4. The Bertz CT molecular complexity index is 945. The smallest absolute Gasteiger partial charge is 0.306 e. The van der Waals surface area contributed by atoms with E-state index in [0.717, 1.165) is 28.9 Å². The summed E-state index contributed by atoms with van der Waals surface area (Å²) in [6, 6.07) is 8.78. The Kier molecular flexibility index (Phi) is 4.89. The largest absolute Gasteiger partial charge is 0.326 e. The lowest BCUT2D eigenvalue weighted by molar-refractivity contribution is -0.387. The Labute approximate surface area is 154 Å². The lowest BCUT2D eigenvalue weighted by atomic mass is 10.1. The molecule has 0 radical (unpaired) electrons. The van der Waals surface area contributed by atoms with Gasteiger partial charge in [0, 0.05) is 30.4 Å². The molecule has 1 atom stereocenters. The fourth-order valence-electron chi connectivity index (χ4n) is 3.12. The molecule has 0 aromatic heterocycles. The van der Waals surface area contributed by atoms with Crippen molar-refractivity contribution in [1.29, 1.82) is 0 Å². The molecule has 0 bridgehead atoms. The zero-order chi connectivity index (χ0) is 19.7. The number of benzene rings is 2. The second kappa shape index (κ2) is 7.14. The molecule has 2 amide bonds. The van der Waals surface area contributed by atoms with Crippen molar-refractivity contribution in [2.45, 2.75) is 20.3 Å². The van der Waals surface area contributed by atoms with Gasteiger partial charge >= 0.3 is 5.69 Å². The van der Waals surface area contributed by atoms with Gasteiger partial charge in [-0.2, -0.15) is 4.39 Å². The third kappa shape index (κ3) is 3.64. The molecule has 2 aromatic rings.